The van der Waals surface area contributed by atoms with Gasteiger partial charge in [-0.15, -0.1) is 10.2 Å². The summed E-state index contributed by atoms with van der Waals surface area (Å²) in [4.78, 5) is 41.5. The molecule has 0 atom stereocenters. The molecule has 0 fully saturated rings. The average Bonchev–Trinajstić information content (AvgIpc) is 3.23. The maximum Gasteiger partial charge on any atom is 0.413 e. The van der Waals surface area contributed by atoms with Gasteiger partial charge in [-0.2, -0.15) is 0 Å². The average molecular weight is 531 g/mol. The third kappa shape index (κ3) is 7.93. The molecule has 196 valence electrons. The molecule has 37 heavy (non-hydrogen) atoms. The Morgan fingerprint density at radius 1 is 1.03 bits per heavy atom. The number of rotatable bonds is 7. The summed E-state index contributed by atoms with van der Waals surface area (Å²) in [7, 11) is 0. The van der Waals surface area contributed by atoms with Gasteiger partial charge >= 0.3 is 6.09 Å². The van der Waals surface area contributed by atoms with Crippen molar-refractivity contribution < 1.29 is 28.2 Å². The van der Waals surface area contributed by atoms with Crippen molar-refractivity contribution >= 4 is 45.9 Å². The van der Waals surface area contributed by atoms with Gasteiger partial charge in [0.05, 0.1) is 17.9 Å². The predicted octanol–water partition coefficient (Wildman–Crippen LogP) is 5.02. The lowest BCUT2D eigenvalue weighted by atomic mass is 10.1. The van der Waals surface area contributed by atoms with Gasteiger partial charge in [0.2, 0.25) is 5.88 Å². The molecule has 0 saturated heterocycles. The van der Waals surface area contributed by atoms with Gasteiger partial charge in [-0.1, -0.05) is 11.3 Å². The molecule has 0 aliphatic carbocycles. The molecule has 2 heterocycles. The van der Waals surface area contributed by atoms with Gasteiger partial charge in [0.25, 0.3) is 11.8 Å². The Kier molecular flexibility index (Phi) is 8.38. The Labute approximate surface area is 216 Å². The van der Waals surface area contributed by atoms with Gasteiger partial charge in [-0.05, 0) is 65.3 Å². The summed E-state index contributed by atoms with van der Waals surface area (Å²) in [5.74, 6) is -1.72. The molecule has 0 unspecified atom stereocenters. The number of nitrogens with zero attached hydrogens (tertiary/aromatic N) is 3. The molecule has 0 aliphatic heterocycles. The minimum Gasteiger partial charge on any atom is -0.474 e. The third-order valence-corrected chi connectivity index (χ3v) is 5.29. The fraction of sp³-hybridized carbons (Fsp3) is 0.333. The molecule has 2 aromatic heterocycles. The van der Waals surface area contributed by atoms with E-state index in [2.05, 4.69) is 31.1 Å². The zero-order valence-corrected chi connectivity index (χ0v) is 21.9. The number of carbonyl (C=O) groups excluding carboxylic acids is 3. The second kappa shape index (κ2) is 11.3. The number of aromatic nitrogens is 3. The van der Waals surface area contributed by atoms with Gasteiger partial charge in [0.15, 0.2) is 10.9 Å². The van der Waals surface area contributed by atoms with E-state index in [-0.39, 0.29) is 39.1 Å². The lowest BCUT2D eigenvalue weighted by Gasteiger charge is -2.18. The van der Waals surface area contributed by atoms with Crippen molar-refractivity contribution in [3.8, 4) is 5.88 Å². The summed E-state index contributed by atoms with van der Waals surface area (Å²) >= 11 is 0.927. The van der Waals surface area contributed by atoms with Crippen molar-refractivity contribution in [2.75, 3.05) is 16.0 Å². The van der Waals surface area contributed by atoms with E-state index in [0.717, 1.165) is 17.4 Å². The fourth-order valence-corrected chi connectivity index (χ4v) is 3.57. The van der Waals surface area contributed by atoms with E-state index in [1.54, 1.807) is 27.7 Å². The van der Waals surface area contributed by atoms with Crippen molar-refractivity contribution in [1.82, 2.24) is 15.2 Å². The van der Waals surface area contributed by atoms with E-state index in [0.29, 0.717) is 5.56 Å². The highest BCUT2D eigenvalue weighted by atomic mass is 32.1. The first-order valence-corrected chi connectivity index (χ1v) is 12.0. The first-order chi connectivity index (χ1) is 17.3. The lowest BCUT2D eigenvalue weighted by Crippen LogP contribution is -2.27. The first-order valence-electron chi connectivity index (χ1n) is 11.2. The number of hydrogen-bond acceptors (Lipinski definition) is 9. The SMILES string of the molecule is Cc1cc(F)c(C(=O)Nc2ccc(OC(C)C)nn2)cc1NC(=O)c1cnc(NC(=O)OC(C)(C)C)s1. The molecule has 3 rings (SSSR count). The van der Waals surface area contributed by atoms with E-state index in [9.17, 15) is 18.8 Å². The molecule has 3 N–H and O–H groups in total. The van der Waals surface area contributed by atoms with Crippen LogP contribution in [0.2, 0.25) is 0 Å². The van der Waals surface area contributed by atoms with Gasteiger partial charge in [-0.25, -0.2) is 14.2 Å². The third-order valence-electron chi connectivity index (χ3n) is 4.38. The maximum absolute atomic E-state index is 14.6. The first kappa shape index (κ1) is 27.5. The summed E-state index contributed by atoms with van der Waals surface area (Å²) in [5, 5.41) is 15.4. The van der Waals surface area contributed by atoms with Crippen molar-refractivity contribution in [1.29, 1.82) is 0 Å². The van der Waals surface area contributed by atoms with Crippen LogP contribution in [-0.2, 0) is 4.74 Å². The number of thiazole rings is 1. The standard InChI is InChI=1S/C24H27FN6O5S/c1-12(2)35-19-8-7-18(30-31-19)28-20(32)14-10-16(13(3)9-15(14)25)27-21(33)17-11-26-22(37-17)29-23(34)36-24(4,5)6/h7-12H,1-6H3,(H,27,33)(H,26,29,34)(H,28,30,32). The number of benzene rings is 1. The highest BCUT2D eigenvalue weighted by Crippen LogP contribution is 2.25. The van der Waals surface area contributed by atoms with Gasteiger partial charge in [0, 0.05) is 11.8 Å². The fourth-order valence-electron chi connectivity index (χ4n) is 2.87. The number of ether oxygens (including phenoxy) is 2. The quantitative estimate of drug-likeness (QED) is 0.386. The van der Waals surface area contributed by atoms with Crippen molar-refractivity contribution in [2.24, 2.45) is 0 Å². The number of halogens is 1. The van der Waals surface area contributed by atoms with Gasteiger partial charge in [0.1, 0.15) is 16.3 Å². The monoisotopic (exact) mass is 530 g/mol. The summed E-state index contributed by atoms with van der Waals surface area (Å²) in [6, 6.07) is 5.37. The van der Waals surface area contributed by atoms with E-state index in [1.165, 1.54) is 24.4 Å². The van der Waals surface area contributed by atoms with Crippen LogP contribution in [0, 0.1) is 12.7 Å². The Morgan fingerprint density at radius 2 is 1.76 bits per heavy atom. The molecule has 3 aromatic rings. The summed E-state index contributed by atoms with van der Waals surface area (Å²) < 4.78 is 25.2. The smallest absolute Gasteiger partial charge is 0.413 e. The van der Waals surface area contributed by atoms with Crippen LogP contribution in [0.25, 0.3) is 0 Å². The highest BCUT2D eigenvalue weighted by molar-refractivity contribution is 7.17. The second-order valence-corrected chi connectivity index (χ2v) is 10.2. The number of carbonyl (C=O) groups is 3. The summed E-state index contributed by atoms with van der Waals surface area (Å²) in [6.07, 6.45) is 0.485. The van der Waals surface area contributed by atoms with Crippen LogP contribution in [0.1, 0.15) is 60.2 Å². The van der Waals surface area contributed by atoms with Gasteiger partial charge in [-0.3, -0.25) is 14.9 Å². The Morgan fingerprint density at radius 3 is 2.38 bits per heavy atom. The lowest BCUT2D eigenvalue weighted by molar-refractivity contribution is 0.0635. The zero-order chi connectivity index (χ0) is 27.3. The molecule has 13 heteroatoms. The van der Waals surface area contributed by atoms with Crippen LogP contribution in [-0.4, -0.2) is 44.8 Å². The van der Waals surface area contributed by atoms with Crippen LogP contribution in [0.5, 0.6) is 5.88 Å². The Hall–Kier alpha value is -4.13. The second-order valence-electron chi connectivity index (χ2n) is 9.14. The van der Waals surface area contributed by atoms with Crippen molar-refractivity contribution in [3.63, 3.8) is 0 Å². The van der Waals surface area contributed by atoms with Crippen molar-refractivity contribution in [3.05, 3.63) is 52.3 Å². The normalized spacial score (nSPS) is 11.1. The number of anilines is 3. The molecule has 3 amide bonds. The van der Waals surface area contributed by atoms with Crippen LogP contribution < -0.4 is 20.7 Å². The Bertz CT molecular complexity index is 1300. The van der Waals surface area contributed by atoms with E-state index in [4.69, 9.17) is 9.47 Å². The molecular weight excluding hydrogens is 503 g/mol. The van der Waals surface area contributed by atoms with Crippen molar-refractivity contribution in [2.45, 2.75) is 53.2 Å². The molecular formula is C24H27FN6O5S. The maximum atomic E-state index is 14.6. The van der Waals surface area contributed by atoms with Crippen LogP contribution in [0.15, 0.2) is 30.5 Å². The molecule has 0 aliphatic rings. The van der Waals surface area contributed by atoms with Crippen LogP contribution >= 0.6 is 11.3 Å². The molecule has 11 nitrogen and oxygen atoms in total. The predicted molar refractivity (Wildman–Crippen MR) is 137 cm³/mol. The van der Waals surface area contributed by atoms with E-state index < -0.39 is 29.3 Å². The summed E-state index contributed by atoms with van der Waals surface area (Å²) in [6.45, 7) is 10.4. The molecule has 1 aromatic carbocycles. The minimum absolute atomic E-state index is 0.0946. The largest absolute Gasteiger partial charge is 0.474 e. The number of nitrogens with one attached hydrogen (secondary N) is 3. The molecule has 0 saturated carbocycles. The molecule has 0 bridgehead atoms. The van der Waals surface area contributed by atoms with Gasteiger partial charge < -0.3 is 20.1 Å². The summed E-state index contributed by atoms with van der Waals surface area (Å²) in [5.41, 5.74) is -0.377. The van der Waals surface area contributed by atoms with E-state index >= 15 is 0 Å². The molecule has 0 spiro atoms. The zero-order valence-electron chi connectivity index (χ0n) is 21.1. The number of aryl methyl sites for hydroxylation is 1. The topological polar surface area (TPSA) is 144 Å². The number of amides is 3. The van der Waals surface area contributed by atoms with Crippen LogP contribution in [0.3, 0.4) is 0 Å². The molecule has 0 radical (unpaired) electrons. The highest BCUT2D eigenvalue weighted by Gasteiger charge is 2.20. The van der Waals surface area contributed by atoms with Crippen LogP contribution in [0.4, 0.5) is 25.8 Å². The minimum atomic E-state index is -0.776. The number of hydrogen-bond donors (Lipinski definition) is 3. The van der Waals surface area contributed by atoms with E-state index in [1.807, 2.05) is 13.8 Å². The Balaban J connectivity index is 1.70.